The van der Waals surface area contributed by atoms with Crippen LogP contribution in [-0.4, -0.2) is 29.3 Å². The maximum Gasteiger partial charge on any atom is 0.335 e. The van der Waals surface area contributed by atoms with Crippen LogP contribution in [0.3, 0.4) is 0 Å². The van der Waals surface area contributed by atoms with Crippen LogP contribution in [0.5, 0.6) is 11.5 Å². The number of carbonyl (C=O) groups is 2. The second kappa shape index (κ2) is 15.2. The summed E-state index contributed by atoms with van der Waals surface area (Å²) in [5.74, 6) is 0.0380. The number of hydrogen-bond acceptors (Lipinski definition) is 4. The second-order valence-electron chi connectivity index (χ2n) is 10.2. The summed E-state index contributed by atoms with van der Waals surface area (Å²) in [4.78, 5) is 22.2. The molecule has 0 aliphatic rings. The molecule has 0 bridgehead atoms. The monoisotopic (exact) mass is 564 g/mol. The SMILES string of the molecule is COc1ccc(-c2ccc(COc3ccccc3C=CC(CCCCC(=O)O)Cc3ccc(C(=O)O)cc3)cc2)cc1. The highest BCUT2D eigenvalue weighted by Crippen LogP contribution is 2.26. The average molecular weight is 565 g/mol. The average Bonchev–Trinajstić information content (AvgIpc) is 3.01. The van der Waals surface area contributed by atoms with Crippen LogP contribution in [-0.2, 0) is 17.8 Å². The zero-order valence-electron chi connectivity index (χ0n) is 23.7. The Labute approximate surface area is 246 Å². The molecule has 1 unspecified atom stereocenters. The Morgan fingerprint density at radius 3 is 2.07 bits per heavy atom. The quantitative estimate of drug-likeness (QED) is 0.142. The predicted octanol–water partition coefficient (Wildman–Crippen LogP) is 8.16. The fraction of sp³-hybridized carbons (Fsp3) is 0.222. The minimum atomic E-state index is -0.948. The summed E-state index contributed by atoms with van der Waals surface area (Å²) in [5.41, 5.74) is 5.56. The van der Waals surface area contributed by atoms with Crippen LogP contribution >= 0.6 is 0 Å². The first kappa shape index (κ1) is 30.1. The molecule has 6 nitrogen and oxygen atoms in total. The van der Waals surface area contributed by atoms with E-state index in [1.807, 2.05) is 60.7 Å². The Balaban J connectivity index is 1.42. The summed E-state index contributed by atoms with van der Waals surface area (Å²) in [5, 5.41) is 18.2. The number of benzene rings is 4. The molecule has 6 heteroatoms. The molecule has 0 saturated carbocycles. The molecule has 1 atom stereocenters. The van der Waals surface area contributed by atoms with Crippen molar-refractivity contribution < 1.29 is 29.3 Å². The van der Waals surface area contributed by atoms with Crippen LogP contribution in [0, 0.1) is 5.92 Å². The number of unbranched alkanes of at least 4 members (excludes halogenated alkanes) is 1. The lowest BCUT2D eigenvalue weighted by Gasteiger charge is -2.14. The Morgan fingerprint density at radius 1 is 0.786 bits per heavy atom. The molecule has 4 rings (SSSR count). The van der Waals surface area contributed by atoms with Crippen molar-refractivity contribution >= 4 is 18.0 Å². The van der Waals surface area contributed by atoms with Crippen molar-refractivity contribution in [3.63, 3.8) is 0 Å². The van der Waals surface area contributed by atoms with Crippen LogP contribution in [0.25, 0.3) is 17.2 Å². The van der Waals surface area contributed by atoms with E-state index in [0.717, 1.165) is 58.6 Å². The van der Waals surface area contributed by atoms with Gasteiger partial charge in [0.1, 0.15) is 18.1 Å². The molecule has 4 aromatic rings. The van der Waals surface area contributed by atoms with E-state index in [4.69, 9.17) is 14.6 Å². The van der Waals surface area contributed by atoms with E-state index in [9.17, 15) is 14.7 Å². The van der Waals surface area contributed by atoms with Gasteiger partial charge in [0.2, 0.25) is 0 Å². The van der Waals surface area contributed by atoms with Crippen LogP contribution in [0.1, 0.15) is 52.7 Å². The van der Waals surface area contributed by atoms with Gasteiger partial charge in [0.05, 0.1) is 12.7 Å². The topological polar surface area (TPSA) is 93.1 Å². The van der Waals surface area contributed by atoms with E-state index >= 15 is 0 Å². The van der Waals surface area contributed by atoms with Gasteiger partial charge >= 0.3 is 11.9 Å². The summed E-state index contributed by atoms with van der Waals surface area (Å²) in [6.45, 7) is 0.433. The molecule has 0 radical (unpaired) electrons. The lowest BCUT2D eigenvalue weighted by atomic mass is 9.92. The summed E-state index contributed by atoms with van der Waals surface area (Å²) in [7, 11) is 1.66. The van der Waals surface area contributed by atoms with Crippen LogP contribution < -0.4 is 9.47 Å². The first-order valence-electron chi connectivity index (χ1n) is 14.1. The van der Waals surface area contributed by atoms with Crippen molar-refractivity contribution in [2.75, 3.05) is 7.11 Å². The molecule has 0 saturated heterocycles. The largest absolute Gasteiger partial charge is 0.497 e. The van der Waals surface area contributed by atoms with E-state index in [0.29, 0.717) is 13.0 Å². The van der Waals surface area contributed by atoms with Gasteiger partial charge in [-0.3, -0.25) is 4.79 Å². The maximum atomic E-state index is 11.2. The Hall–Kier alpha value is -4.84. The molecule has 4 aromatic carbocycles. The molecule has 0 heterocycles. The number of hydrogen-bond donors (Lipinski definition) is 2. The number of carboxylic acid groups (broad SMARTS) is 2. The Bertz CT molecular complexity index is 1470. The minimum absolute atomic E-state index is 0.154. The van der Waals surface area contributed by atoms with Crippen molar-refractivity contribution in [3.05, 3.63) is 125 Å². The van der Waals surface area contributed by atoms with Gasteiger partial charge in [-0.1, -0.05) is 85.3 Å². The van der Waals surface area contributed by atoms with Crippen molar-refractivity contribution in [2.24, 2.45) is 5.92 Å². The van der Waals surface area contributed by atoms with Gasteiger partial charge in [0, 0.05) is 12.0 Å². The third kappa shape index (κ3) is 9.10. The number of aromatic carboxylic acids is 1. The lowest BCUT2D eigenvalue weighted by molar-refractivity contribution is -0.137. The van der Waals surface area contributed by atoms with Gasteiger partial charge in [0.15, 0.2) is 0 Å². The Kier molecular flexibility index (Phi) is 10.9. The highest BCUT2D eigenvalue weighted by atomic mass is 16.5. The lowest BCUT2D eigenvalue weighted by Crippen LogP contribution is -2.04. The van der Waals surface area contributed by atoms with Crippen LogP contribution in [0.15, 0.2) is 103 Å². The normalized spacial score (nSPS) is 11.7. The van der Waals surface area contributed by atoms with Gasteiger partial charge in [0.25, 0.3) is 0 Å². The van der Waals surface area contributed by atoms with Gasteiger partial charge in [-0.05, 0) is 77.8 Å². The summed E-state index contributed by atoms with van der Waals surface area (Å²) in [6, 6.07) is 31.1. The van der Waals surface area contributed by atoms with Crippen molar-refractivity contribution in [1.82, 2.24) is 0 Å². The molecule has 2 N–H and O–H groups in total. The molecule has 0 amide bonds. The molecule has 42 heavy (non-hydrogen) atoms. The van der Waals surface area contributed by atoms with Crippen molar-refractivity contribution in [2.45, 2.75) is 38.7 Å². The van der Waals surface area contributed by atoms with Crippen molar-refractivity contribution in [3.8, 4) is 22.6 Å². The highest BCUT2D eigenvalue weighted by molar-refractivity contribution is 5.87. The highest BCUT2D eigenvalue weighted by Gasteiger charge is 2.10. The maximum absolute atomic E-state index is 11.2. The zero-order valence-corrected chi connectivity index (χ0v) is 23.7. The van der Waals surface area contributed by atoms with Gasteiger partial charge in [-0.25, -0.2) is 4.79 Å². The van der Waals surface area contributed by atoms with E-state index in [1.54, 1.807) is 19.2 Å². The van der Waals surface area contributed by atoms with E-state index in [1.165, 1.54) is 0 Å². The molecule has 216 valence electrons. The summed E-state index contributed by atoms with van der Waals surface area (Å²) >= 11 is 0. The number of methoxy groups -OCH3 is 1. The molecule has 0 aliphatic carbocycles. The fourth-order valence-corrected chi connectivity index (χ4v) is 4.76. The third-order valence-corrected chi connectivity index (χ3v) is 7.15. The fourth-order valence-electron chi connectivity index (χ4n) is 4.76. The van der Waals surface area contributed by atoms with E-state index in [2.05, 4.69) is 36.4 Å². The first-order chi connectivity index (χ1) is 20.4. The van der Waals surface area contributed by atoms with E-state index in [-0.39, 0.29) is 17.9 Å². The Morgan fingerprint density at radius 2 is 1.43 bits per heavy atom. The predicted molar refractivity (Wildman–Crippen MR) is 165 cm³/mol. The zero-order chi connectivity index (χ0) is 29.7. The van der Waals surface area contributed by atoms with Gasteiger partial charge in [-0.15, -0.1) is 0 Å². The number of allylic oxidation sites excluding steroid dienone is 1. The minimum Gasteiger partial charge on any atom is -0.497 e. The number of ether oxygens (including phenoxy) is 2. The number of carboxylic acids is 2. The van der Waals surface area contributed by atoms with Gasteiger partial charge in [-0.2, -0.15) is 0 Å². The third-order valence-electron chi connectivity index (χ3n) is 7.15. The first-order valence-corrected chi connectivity index (χ1v) is 14.1. The molecular formula is C36H36O6. The molecular weight excluding hydrogens is 528 g/mol. The standard InChI is InChI=1S/C36H36O6/c1-41-33-22-20-30(21-23-33)29-15-13-28(14-16-29)25-42-34-8-4-3-7-31(34)17-10-26(6-2-5-9-35(37)38)24-27-11-18-32(19-12-27)36(39)40/h3-4,7-8,10-23,26H,2,5-6,9,24-25H2,1H3,(H,37,38)(H,39,40). The summed E-state index contributed by atoms with van der Waals surface area (Å²) in [6.07, 6.45) is 7.34. The van der Waals surface area contributed by atoms with Crippen LogP contribution in [0.4, 0.5) is 0 Å². The number of para-hydroxylation sites is 1. The number of aliphatic carboxylic acids is 1. The van der Waals surface area contributed by atoms with E-state index < -0.39 is 11.9 Å². The van der Waals surface area contributed by atoms with Gasteiger partial charge < -0.3 is 19.7 Å². The van der Waals surface area contributed by atoms with Crippen LogP contribution in [0.2, 0.25) is 0 Å². The molecule has 0 aromatic heterocycles. The smallest absolute Gasteiger partial charge is 0.335 e. The van der Waals surface area contributed by atoms with Crippen molar-refractivity contribution in [1.29, 1.82) is 0 Å². The second-order valence-corrected chi connectivity index (χ2v) is 10.2. The molecule has 0 fully saturated rings. The number of rotatable bonds is 15. The molecule has 0 aliphatic heterocycles. The summed E-state index contributed by atoms with van der Waals surface area (Å²) < 4.78 is 11.5. The molecule has 0 spiro atoms.